The van der Waals surface area contributed by atoms with Gasteiger partial charge in [-0.1, -0.05) is 6.07 Å². The second-order valence-corrected chi connectivity index (χ2v) is 3.44. The summed E-state index contributed by atoms with van der Waals surface area (Å²) in [6, 6.07) is 6.55. The molecule has 0 heterocycles. The predicted molar refractivity (Wildman–Crippen MR) is 53.1 cm³/mol. The lowest BCUT2D eigenvalue weighted by Crippen LogP contribution is -2.15. The fourth-order valence-electron chi connectivity index (χ4n) is 1.21. The van der Waals surface area contributed by atoms with Crippen molar-refractivity contribution in [1.82, 2.24) is 0 Å². The van der Waals surface area contributed by atoms with Gasteiger partial charge >= 0.3 is 0 Å². The van der Waals surface area contributed by atoms with E-state index in [2.05, 4.69) is 0 Å². The molecule has 2 nitrogen and oxygen atoms in total. The molecule has 0 saturated heterocycles. The average Bonchev–Trinajstić information content (AvgIpc) is 2.16. The van der Waals surface area contributed by atoms with Crippen molar-refractivity contribution < 1.29 is 4.39 Å². The fraction of sp³-hybridized carbons (Fsp3) is 0.364. The summed E-state index contributed by atoms with van der Waals surface area (Å²) in [6.07, 6.45) is 1.63. The SMILES string of the molecule is CC(N)CCc1ccc(F)c(C#N)c1. The molecule has 1 aromatic carbocycles. The summed E-state index contributed by atoms with van der Waals surface area (Å²) in [4.78, 5) is 0. The number of nitrogens with two attached hydrogens (primary N) is 1. The molecule has 0 saturated carbocycles. The Kier molecular flexibility index (Phi) is 3.61. The molecule has 0 fully saturated rings. The Morgan fingerprint density at radius 2 is 2.29 bits per heavy atom. The first-order valence-corrected chi connectivity index (χ1v) is 4.57. The van der Waals surface area contributed by atoms with Gasteiger partial charge in [-0.2, -0.15) is 5.26 Å². The summed E-state index contributed by atoms with van der Waals surface area (Å²) in [7, 11) is 0. The van der Waals surface area contributed by atoms with Gasteiger partial charge in [-0.25, -0.2) is 4.39 Å². The Hall–Kier alpha value is -1.40. The highest BCUT2D eigenvalue weighted by molar-refractivity contribution is 5.34. The number of nitriles is 1. The van der Waals surface area contributed by atoms with Crippen molar-refractivity contribution in [2.75, 3.05) is 0 Å². The highest BCUT2D eigenvalue weighted by Crippen LogP contribution is 2.11. The third kappa shape index (κ3) is 2.82. The van der Waals surface area contributed by atoms with Gasteiger partial charge in [0.1, 0.15) is 11.9 Å². The van der Waals surface area contributed by atoms with E-state index < -0.39 is 5.82 Å². The van der Waals surface area contributed by atoms with Crippen LogP contribution in [0.2, 0.25) is 0 Å². The molecule has 0 aliphatic rings. The van der Waals surface area contributed by atoms with Crippen LogP contribution in [0.3, 0.4) is 0 Å². The van der Waals surface area contributed by atoms with Crippen molar-refractivity contribution in [3.63, 3.8) is 0 Å². The minimum Gasteiger partial charge on any atom is -0.328 e. The van der Waals surface area contributed by atoms with Crippen LogP contribution in [0.5, 0.6) is 0 Å². The molecule has 0 bridgehead atoms. The summed E-state index contributed by atoms with van der Waals surface area (Å²) in [5, 5.41) is 8.61. The zero-order valence-corrected chi connectivity index (χ0v) is 8.13. The van der Waals surface area contributed by atoms with Crippen molar-refractivity contribution in [1.29, 1.82) is 5.26 Å². The van der Waals surface area contributed by atoms with Gasteiger partial charge in [0.15, 0.2) is 0 Å². The van der Waals surface area contributed by atoms with Gasteiger partial charge in [-0.3, -0.25) is 0 Å². The number of benzene rings is 1. The van der Waals surface area contributed by atoms with Crippen molar-refractivity contribution in [2.24, 2.45) is 5.73 Å². The molecule has 1 rings (SSSR count). The molecule has 0 radical (unpaired) electrons. The minimum absolute atomic E-state index is 0.104. The Morgan fingerprint density at radius 1 is 1.57 bits per heavy atom. The lowest BCUT2D eigenvalue weighted by Gasteiger charge is -2.05. The molecule has 1 unspecified atom stereocenters. The maximum atomic E-state index is 12.9. The van der Waals surface area contributed by atoms with Crippen molar-refractivity contribution in [3.8, 4) is 6.07 Å². The third-order valence-corrected chi connectivity index (χ3v) is 2.04. The van der Waals surface area contributed by atoms with Crippen molar-refractivity contribution >= 4 is 0 Å². The zero-order chi connectivity index (χ0) is 10.6. The van der Waals surface area contributed by atoms with Crippen LogP contribution in [0.1, 0.15) is 24.5 Å². The highest BCUT2D eigenvalue weighted by Gasteiger charge is 2.03. The molecule has 74 valence electrons. The molecule has 14 heavy (non-hydrogen) atoms. The molecule has 2 N–H and O–H groups in total. The van der Waals surface area contributed by atoms with Crippen LogP contribution in [0.4, 0.5) is 4.39 Å². The van der Waals surface area contributed by atoms with Crippen LogP contribution in [-0.4, -0.2) is 6.04 Å². The van der Waals surface area contributed by atoms with Crippen molar-refractivity contribution in [3.05, 3.63) is 35.1 Å². The van der Waals surface area contributed by atoms with Crippen LogP contribution < -0.4 is 5.73 Å². The Morgan fingerprint density at radius 3 is 2.86 bits per heavy atom. The van der Waals surface area contributed by atoms with E-state index in [0.29, 0.717) is 0 Å². The van der Waals surface area contributed by atoms with Crippen LogP contribution in [-0.2, 0) is 6.42 Å². The molecular formula is C11H13FN2. The molecular weight excluding hydrogens is 179 g/mol. The lowest BCUT2D eigenvalue weighted by atomic mass is 10.0. The molecule has 0 aliphatic heterocycles. The van der Waals surface area contributed by atoms with Gasteiger partial charge in [-0.05, 0) is 37.5 Å². The molecule has 0 aromatic heterocycles. The smallest absolute Gasteiger partial charge is 0.140 e. The first-order valence-electron chi connectivity index (χ1n) is 4.57. The second kappa shape index (κ2) is 4.73. The van der Waals surface area contributed by atoms with Gasteiger partial charge in [0.25, 0.3) is 0 Å². The Balaban J connectivity index is 2.76. The van der Waals surface area contributed by atoms with E-state index in [0.717, 1.165) is 18.4 Å². The highest BCUT2D eigenvalue weighted by atomic mass is 19.1. The van der Waals surface area contributed by atoms with E-state index in [-0.39, 0.29) is 11.6 Å². The van der Waals surface area contributed by atoms with Gasteiger partial charge in [-0.15, -0.1) is 0 Å². The molecule has 0 spiro atoms. The van der Waals surface area contributed by atoms with Gasteiger partial charge in [0, 0.05) is 6.04 Å². The van der Waals surface area contributed by atoms with Crippen LogP contribution >= 0.6 is 0 Å². The van der Waals surface area contributed by atoms with E-state index >= 15 is 0 Å². The molecule has 1 atom stereocenters. The second-order valence-electron chi connectivity index (χ2n) is 3.44. The third-order valence-electron chi connectivity index (χ3n) is 2.04. The van der Waals surface area contributed by atoms with Crippen molar-refractivity contribution in [2.45, 2.75) is 25.8 Å². The summed E-state index contributed by atoms with van der Waals surface area (Å²) in [6.45, 7) is 1.93. The Labute approximate surface area is 83.2 Å². The molecule has 0 aliphatic carbocycles. The number of aryl methyl sites for hydroxylation is 1. The van der Waals surface area contributed by atoms with Gasteiger partial charge in [0.05, 0.1) is 5.56 Å². The van der Waals surface area contributed by atoms with E-state index in [1.165, 1.54) is 6.07 Å². The van der Waals surface area contributed by atoms with Gasteiger partial charge in [0.2, 0.25) is 0 Å². The monoisotopic (exact) mass is 192 g/mol. The first-order chi connectivity index (χ1) is 6.63. The summed E-state index contributed by atoms with van der Waals surface area (Å²) in [5.41, 5.74) is 6.66. The van der Waals surface area contributed by atoms with Gasteiger partial charge < -0.3 is 5.73 Å². The van der Waals surface area contributed by atoms with E-state index in [1.54, 1.807) is 12.1 Å². The fourth-order valence-corrected chi connectivity index (χ4v) is 1.21. The maximum absolute atomic E-state index is 12.9. The van der Waals surface area contributed by atoms with E-state index in [4.69, 9.17) is 11.0 Å². The quantitative estimate of drug-likeness (QED) is 0.796. The molecule has 3 heteroatoms. The van der Waals surface area contributed by atoms with E-state index in [9.17, 15) is 4.39 Å². The maximum Gasteiger partial charge on any atom is 0.140 e. The minimum atomic E-state index is -0.461. The average molecular weight is 192 g/mol. The van der Waals surface area contributed by atoms with Crippen LogP contribution in [0, 0.1) is 17.1 Å². The normalized spacial score (nSPS) is 12.1. The summed E-state index contributed by atoms with van der Waals surface area (Å²) < 4.78 is 12.9. The first kappa shape index (κ1) is 10.7. The summed E-state index contributed by atoms with van der Waals surface area (Å²) in [5.74, 6) is -0.461. The number of halogens is 1. The lowest BCUT2D eigenvalue weighted by molar-refractivity contribution is 0.621. The number of hydrogen-bond acceptors (Lipinski definition) is 2. The van der Waals surface area contributed by atoms with Crippen LogP contribution in [0.25, 0.3) is 0 Å². The van der Waals surface area contributed by atoms with E-state index in [1.807, 2.05) is 13.0 Å². The molecule has 1 aromatic rings. The number of hydrogen-bond donors (Lipinski definition) is 1. The standard InChI is InChI=1S/C11H13FN2/c1-8(14)2-3-9-4-5-11(12)10(6-9)7-13/h4-6,8H,2-3,14H2,1H3. The summed E-state index contributed by atoms with van der Waals surface area (Å²) >= 11 is 0. The number of rotatable bonds is 3. The largest absolute Gasteiger partial charge is 0.328 e. The predicted octanol–water partition coefficient (Wildman–Crippen LogP) is 1.98. The number of nitrogens with zero attached hydrogens (tertiary/aromatic N) is 1. The Bertz CT molecular complexity index is 353. The van der Waals surface area contributed by atoms with Crippen LogP contribution in [0.15, 0.2) is 18.2 Å². The topological polar surface area (TPSA) is 49.8 Å². The zero-order valence-electron chi connectivity index (χ0n) is 8.13. The molecule has 0 amide bonds.